The molecule has 2 unspecified atom stereocenters. The van der Waals surface area contributed by atoms with Crippen molar-refractivity contribution in [3.8, 4) is 10.4 Å². The molecule has 180 valence electrons. The fourth-order valence-electron chi connectivity index (χ4n) is 3.53. The number of thiophene rings is 1. The fraction of sp³-hybridized carbons (Fsp3) is 0.407. The van der Waals surface area contributed by atoms with Crippen LogP contribution in [-0.2, 0) is 4.79 Å². The van der Waals surface area contributed by atoms with Gasteiger partial charge in [-0.1, -0.05) is 71.6 Å². The van der Waals surface area contributed by atoms with Crippen LogP contribution in [0.25, 0.3) is 10.4 Å². The minimum absolute atomic E-state index is 0.333. The van der Waals surface area contributed by atoms with Crippen molar-refractivity contribution in [3.63, 3.8) is 0 Å². The van der Waals surface area contributed by atoms with E-state index in [-0.39, 0.29) is 0 Å². The molecule has 1 heterocycles. The molecule has 33 heavy (non-hydrogen) atoms. The van der Waals surface area contributed by atoms with Crippen molar-refractivity contribution >= 4 is 45.2 Å². The molecule has 3 rings (SSSR count). The topological polar surface area (TPSA) is 66.4 Å². The number of hydrogen-bond donors (Lipinski definition) is 2. The van der Waals surface area contributed by atoms with Crippen LogP contribution in [0.2, 0.25) is 0 Å². The quantitative estimate of drug-likeness (QED) is 0.298. The van der Waals surface area contributed by atoms with E-state index in [4.69, 9.17) is 0 Å². The molecule has 0 amide bonds. The van der Waals surface area contributed by atoms with Gasteiger partial charge in [0.2, 0.25) is 0 Å². The van der Waals surface area contributed by atoms with Gasteiger partial charge in [0, 0.05) is 22.8 Å². The summed E-state index contributed by atoms with van der Waals surface area (Å²) >= 11 is 4.79. The minimum Gasteiger partial charge on any atom is -0.478 e. The number of nitrogens with one attached hydrogen (secondary N) is 1. The van der Waals surface area contributed by atoms with Crippen molar-refractivity contribution in [1.29, 1.82) is 0 Å². The van der Waals surface area contributed by atoms with Crippen molar-refractivity contribution in [3.05, 3.63) is 63.5 Å². The lowest BCUT2D eigenvalue weighted by Gasteiger charge is -2.21. The molecule has 1 aliphatic carbocycles. The maximum absolute atomic E-state index is 11.3. The Labute approximate surface area is 210 Å². The van der Waals surface area contributed by atoms with E-state index in [0.29, 0.717) is 17.2 Å². The second kappa shape index (κ2) is 15.6. The molecule has 0 radical (unpaired) electrons. The van der Waals surface area contributed by atoms with E-state index in [1.54, 1.807) is 7.05 Å². The van der Waals surface area contributed by atoms with Crippen LogP contribution in [0.5, 0.6) is 0 Å². The van der Waals surface area contributed by atoms with Crippen LogP contribution in [-0.4, -0.2) is 24.4 Å². The molecule has 1 aromatic heterocycles. The smallest absolute Gasteiger partial charge is 0.339 e. The third kappa shape index (κ3) is 10.1. The Balaban J connectivity index is 0.000000286. The Kier molecular flexibility index (Phi) is 13.7. The molecule has 1 fully saturated rings. The predicted octanol–water partition coefficient (Wildman–Crippen LogP) is 8.46. The Hall–Kier alpha value is -2.18. The summed E-state index contributed by atoms with van der Waals surface area (Å²) in [5, 5.41) is 14.0. The van der Waals surface area contributed by atoms with Gasteiger partial charge in [-0.05, 0) is 57.2 Å². The number of aromatic carboxylic acids is 1. The number of halogens is 1. The van der Waals surface area contributed by atoms with Gasteiger partial charge in [-0.3, -0.25) is 0 Å². The van der Waals surface area contributed by atoms with E-state index in [2.05, 4.69) is 47.2 Å². The predicted molar refractivity (Wildman–Crippen MR) is 145 cm³/mol. The third-order valence-electron chi connectivity index (χ3n) is 5.43. The fourth-order valence-corrected chi connectivity index (χ4v) is 4.85. The summed E-state index contributed by atoms with van der Waals surface area (Å²) in [5.41, 5.74) is 3.22. The Morgan fingerprint density at radius 3 is 2.30 bits per heavy atom. The second-order valence-corrected chi connectivity index (χ2v) is 9.91. The van der Waals surface area contributed by atoms with Gasteiger partial charge in [0.25, 0.3) is 0 Å². The summed E-state index contributed by atoms with van der Waals surface area (Å²) in [6.45, 7) is 8.37. The van der Waals surface area contributed by atoms with Crippen LogP contribution in [0.3, 0.4) is 0 Å². The van der Waals surface area contributed by atoms with Crippen molar-refractivity contribution in [2.24, 2.45) is 11.8 Å². The van der Waals surface area contributed by atoms with Crippen LogP contribution in [0.1, 0.15) is 63.7 Å². The van der Waals surface area contributed by atoms with E-state index in [0.717, 1.165) is 40.0 Å². The van der Waals surface area contributed by atoms with E-state index in [1.165, 1.54) is 29.8 Å². The first-order valence-corrected chi connectivity index (χ1v) is 12.9. The molecule has 0 saturated heterocycles. The Morgan fingerprint density at radius 1 is 1.21 bits per heavy atom. The van der Waals surface area contributed by atoms with Gasteiger partial charge >= 0.3 is 5.97 Å². The zero-order valence-corrected chi connectivity index (χ0v) is 22.6. The van der Waals surface area contributed by atoms with Crippen LogP contribution < -0.4 is 5.32 Å². The normalized spacial score (nSPS) is 17.9. The first-order valence-electron chi connectivity index (χ1n) is 11.3. The monoisotopic (exact) mass is 533 g/mol. The second-order valence-electron chi connectivity index (χ2n) is 8.12. The van der Waals surface area contributed by atoms with Crippen molar-refractivity contribution in [2.75, 3.05) is 12.4 Å². The average Bonchev–Trinajstić information content (AvgIpc) is 3.25. The maximum atomic E-state index is 11.3. The summed E-state index contributed by atoms with van der Waals surface area (Å²) in [5.74, 6) is 0.260. The highest BCUT2D eigenvalue weighted by molar-refractivity contribution is 9.10. The summed E-state index contributed by atoms with van der Waals surface area (Å²) in [7, 11) is 1.72. The van der Waals surface area contributed by atoms with Gasteiger partial charge in [0.15, 0.2) is 0 Å². The van der Waals surface area contributed by atoms with Crippen molar-refractivity contribution in [1.82, 2.24) is 0 Å². The lowest BCUT2D eigenvalue weighted by Crippen LogP contribution is -2.13. The lowest BCUT2D eigenvalue weighted by molar-refractivity contribution is -0.112. The summed E-state index contributed by atoms with van der Waals surface area (Å²) in [6.07, 6.45) is 12.2. The minimum atomic E-state index is -0.909. The largest absolute Gasteiger partial charge is 0.478 e. The molecule has 0 spiro atoms. The van der Waals surface area contributed by atoms with Crippen molar-refractivity contribution < 1.29 is 14.7 Å². The number of hydrogen-bond acceptors (Lipinski definition) is 4. The highest BCUT2D eigenvalue weighted by Crippen LogP contribution is 2.36. The number of anilines is 1. The number of benzene rings is 1. The highest BCUT2D eigenvalue weighted by atomic mass is 79.9. The van der Waals surface area contributed by atoms with E-state index in [9.17, 15) is 14.7 Å². The first-order chi connectivity index (χ1) is 15.8. The zero-order chi connectivity index (χ0) is 24.8. The summed E-state index contributed by atoms with van der Waals surface area (Å²) in [6, 6.07) is 7.61. The Bertz CT molecular complexity index is 931. The van der Waals surface area contributed by atoms with Crippen LogP contribution in [0.15, 0.2) is 57.9 Å². The zero-order valence-electron chi connectivity index (χ0n) is 20.2. The summed E-state index contributed by atoms with van der Waals surface area (Å²) < 4.78 is 0.975. The Morgan fingerprint density at radius 2 is 1.88 bits per heavy atom. The van der Waals surface area contributed by atoms with E-state index in [1.807, 2.05) is 49.6 Å². The molecular weight excluding hydrogens is 498 g/mol. The summed E-state index contributed by atoms with van der Waals surface area (Å²) in [4.78, 5) is 22.3. The van der Waals surface area contributed by atoms with Gasteiger partial charge in [-0.2, -0.15) is 0 Å². The third-order valence-corrected chi connectivity index (χ3v) is 6.99. The molecule has 0 bridgehead atoms. The van der Waals surface area contributed by atoms with Gasteiger partial charge < -0.3 is 15.2 Å². The number of carboxylic acid groups (broad SMARTS) is 1. The number of rotatable bonds is 5. The number of aldehydes is 1. The molecule has 1 saturated carbocycles. The lowest BCUT2D eigenvalue weighted by atomic mass is 9.83. The molecule has 2 aromatic rings. The standard InChI is InChI=1S/C12H10BrNO2S.C8H14O.C7H12/c1-14-9-6-17-11(10(9)12(15)16)7-2-4-8(13)5-3-7;1-7-3-2-4-8(5-7)6-9;1-4-6-7(3)5-2/h2-6,14H,1H3,(H,15,16);6-8H,2-5H2,1H3;4-6H,1-3H3/b;;6-4-,7-5-. The number of carbonyl (C=O) groups is 2. The van der Waals surface area contributed by atoms with Gasteiger partial charge in [-0.25, -0.2) is 4.79 Å². The number of carbonyl (C=O) groups excluding carboxylic acids is 1. The van der Waals surface area contributed by atoms with Crippen LogP contribution in [0, 0.1) is 11.8 Å². The maximum Gasteiger partial charge on any atom is 0.339 e. The number of carboxylic acids is 1. The molecule has 6 heteroatoms. The average molecular weight is 535 g/mol. The van der Waals surface area contributed by atoms with Crippen LogP contribution >= 0.6 is 27.3 Å². The molecule has 0 aliphatic heterocycles. The van der Waals surface area contributed by atoms with E-state index < -0.39 is 5.97 Å². The molecule has 2 N–H and O–H groups in total. The number of allylic oxidation sites excluding steroid dienone is 4. The SMILES string of the molecule is C/C=C\C(C)=C/C.CC1CCCC(C=O)C1.CNc1csc(-c2ccc(Br)cc2)c1C(=O)O. The molecule has 1 aromatic carbocycles. The molecule has 4 nitrogen and oxygen atoms in total. The molecule has 1 aliphatic rings. The highest BCUT2D eigenvalue weighted by Gasteiger charge is 2.19. The van der Waals surface area contributed by atoms with E-state index >= 15 is 0 Å². The van der Waals surface area contributed by atoms with Crippen LogP contribution in [0.4, 0.5) is 5.69 Å². The van der Waals surface area contributed by atoms with Gasteiger partial charge in [-0.15, -0.1) is 11.3 Å². The van der Waals surface area contributed by atoms with Gasteiger partial charge in [0.05, 0.1) is 10.6 Å². The van der Waals surface area contributed by atoms with Gasteiger partial charge in [0.1, 0.15) is 11.8 Å². The van der Waals surface area contributed by atoms with Crippen molar-refractivity contribution in [2.45, 2.75) is 53.4 Å². The first kappa shape index (κ1) is 28.9. The molecular formula is C27H36BrNO3S. The molecule has 2 atom stereocenters.